The van der Waals surface area contributed by atoms with Crippen molar-refractivity contribution in [2.75, 3.05) is 33.7 Å². The zero-order valence-corrected chi connectivity index (χ0v) is 16.1. The molecule has 1 aliphatic heterocycles. The molecule has 26 heavy (non-hydrogen) atoms. The number of piperidine rings is 1. The number of guanidine groups is 1. The lowest BCUT2D eigenvalue weighted by molar-refractivity contribution is -0.121. The summed E-state index contributed by atoms with van der Waals surface area (Å²) in [5.41, 5.74) is 1.83. The Labute approximate surface area is 157 Å². The zero-order valence-electron chi connectivity index (χ0n) is 16.1. The highest BCUT2D eigenvalue weighted by atomic mass is 16.1. The second kappa shape index (κ2) is 8.56. The van der Waals surface area contributed by atoms with Crippen LogP contribution in [-0.4, -0.2) is 50.5 Å². The van der Waals surface area contributed by atoms with Crippen molar-refractivity contribution >= 4 is 11.9 Å². The Balaban J connectivity index is 1.46. The number of nitrogens with zero attached hydrogens (tertiary/aromatic N) is 2. The third kappa shape index (κ3) is 4.99. The van der Waals surface area contributed by atoms with Crippen LogP contribution < -0.4 is 10.6 Å². The molecular formula is C21H32N4O. The van der Waals surface area contributed by atoms with Crippen molar-refractivity contribution < 1.29 is 4.79 Å². The largest absolute Gasteiger partial charge is 0.359 e. The minimum Gasteiger partial charge on any atom is -0.359 e. The number of carbonyl (C=O) groups is 1. The van der Waals surface area contributed by atoms with Crippen LogP contribution >= 0.6 is 0 Å². The van der Waals surface area contributed by atoms with E-state index in [0.717, 1.165) is 44.9 Å². The highest BCUT2D eigenvalue weighted by molar-refractivity contribution is 5.80. The van der Waals surface area contributed by atoms with Crippen LogP contribution in [0.15, 0.2) is 35.3 Å². The zero-order chi connectivity index (χ0) is 18.4. The van der Waals surface area contributed by atoms with Crippen molar-refractivity contribution in [2.45, 2.75) is 38.5 Å². The Morgan fingerprint density at radius 2 is 1.92 bits per heavy atom. The fraction of sp³-hybridized carbons (Fsp3) is 0.619. The van der Waals surface area contributed by atoms with Crippen molar-refractivity contribution in [2.24, 2.45) is 16.3 Å². The summed E-state index contributed by atoms with van der Waals surface area (Å²) >= 11 is 0. The highest BCUT2D eigenvalue weighted by Crippen LogP contribution is 2.47. The third-order valence-corrected chi connectivity index (χ3v) is 5.88. The smallest absolute Gasteiger partial charge is 0.220 e. The summed E-state index contributed by atoms with van der Waals surface area (Å²) in [5.74, 6) is 1.67. The molecule has 2 fully saturated rings. The minimum atomic E-state index is 0.155. The van der Waals surface area contributed by atoms with E-state index in [9.17, 15) is 4.79 Å². The molecule has 1 saturated heterocycles. The van der Waals surface area contributed by atoms with E-state index in [1.165, 1.54) is 18.4 Å². The van der Waals surface area contributed by atoms with Gasteiger partial charge in [0.15, 0.2) is 5.96 Å². The van der Waals surface area contributed by atoms with Gasteiger partial charge in [0.25, 0.3) is 0 Å². The van der Waals surface area contributed by atoms with E-state index in [1.807, 2.05) is 7.05 Å². The standard InChI is InChI=1S/C21H32N4O/c1-22-19(26)14-17-8-12-25(13-9-17)20(23-2)24-16-21(10-11-21)15-18-6-4-3-5-7-18/h3-7,17H,8-16H2,1-2H3,(H,22,26)(H,23,24). The molecule has 3 rings (SSSR count). The van der Waals surface area contributed by atoms with Gasteiger partial charge in [-0.3, -0.25) is 9.79 Å². The van der Waals surface area contributed by atoms with Crippen molar-refractivity contribution in [1.29, 1.82) is 0 Å². The number of rotatable bonds is 6. The van der Waals surface area contributed by atoms with Crippen LogP contribution in [0.1, 0.15) is 37.7 Å². The van der Waals surface area contributed by atoms with Gasteiger partial charge in [0, 0.05) is 40.2 Å². The molecule has 0 aromatic heterocycles. The summed E-state index contributed by atoms with van der Waals surface area (Å²) in [5, 5.41) is 6.36. The molecule has 0 atom stereocenters. The van der Waals surface area contributed by atoms with E-state index in [2.05, 4.69) is 50.9 Å². The van der Waals surface area contributed by atoms with E-state index in [4.69, 9.17) is 0 Å². The SMILES string of the molecule is CN=C(NCC1(Cc2ccccc2)CC1)N1CCC(CC(=O)NC)CC1. The molecule has 1 aromatic carbocycles. The number of hydrogen-bond acceptors (Lipinski definition) is 2. The monoisotopic (exact) mass is 356 g/mol. The average Bonchev–Trinajstić information content (AvgIpc) is 3.43. The molecule has 0 radical (unpaired) electrons. The maximum atomic E-state index is 11.6. The van der Waals surface area contributed by atoms with Crippen LogP contribution in [0.5, 0.6) is 0 Å². The first-order valence-corrected chi connectivity index (χ1v) is 9.84. The lowest BCUT2D eigenvalue weighted by Gasteiger charge is -2.34. The van der Waals surface area contributed by atoms with Gasteiger partial charge < -0.3 is 15.5 Å². The molecule has 1 aromatic rings. The topological polar surface area (TPSA) is 56.7 Å². The van der Waals surface area contributed by atoms with Gasteiger partial charge >= 0.3 is 0 Å². The number of amides is 1. The van der Waals surface area contributed by atoms with Gasteiger partial charge in [-0.25, -0.2) is 0 Å². The summed E-state index contributed by atoms with van der Waals surface area (Å²) in [6.45, 7) is 2.95. The van der Waals surface area contributed by atoms with Crippen molar-refractivity contribution in [3.05, 3.63) is 35.9 Å². The van der Waals surface area contributed by atoms with Gasteiger partial charge in [-0.15, -0.1) is 0 Å². The molecule has 1 amide bonds. The first-order chi connectivity index (χ1) is 12.6. The highest BCUT2D eigenvalue weighted by Gasteiger charge is 2.42. The van der Waals surface area contributed by atoms with E-state index in [-0.39, 0.29) is 5.91 Å². The number of benzene rings is 1. The van der Waals surface area contributed by atoms with Gasteiger partial charge in [0.05, 0.1) is 0 Å². The maximum Gasteiger partial charge on any atom is 0.220 e. The van der Waals surface area contributed by atoms with Crippen LogP contribution in [0.3, 0.4) is 0 Å². The predicted octanol–water partition coefficient (Wildman–Crippen LogP) is 2.43. The fourth-order valence-corrected chi connectivity index (χ4v) is 3.93. The summed E-state index contributed by atoms with van der Waals surface area (Å²) in [4.78, 5) is 18.4. The predicted molar refractivity (Wildman–Crippen MR) is 106 cm³/mol. The van der Waals surface area contributed by atoms with Gasteiger partial charge in [0.1, 0.15) is 0 Å². The van der Waals surface area contributed by atoms with Crippen LogP contribution in [-0.2, 0) is 11.2 Å². The minimum absolute atomic E-state index is 0.155. The molecule has 2 aliphatic rings. The van der Waals surface area contributed by atoms with Crippen LogP contribution in [0.2, 0.25) is 0 Å². The lowest BCUT2D eigenvalue weighted by atomic mass is 9.93. The second-order valence-corrected chi connectivity index (χ2v) is 7.87. The van der Waals surface area contributed by atoms with Gasteiger partial charge in [-0.1, -0.05) is 30.3 Å². The number of aliphatic imine (C=N–C) groups is 1. The second-order valence-electron chi connectivity index (χ2n) is 7.87. The number of hydrogen-bond donors (Lipinski definition) is 2. The molecule has 5 nitrogen and oxygen atoms in total. The van der Waals surface area contributed by atoms with Gasteiger partial charge in [-0.05, 0) is 49.0 Å². The Bertz CT molecular complexity index is 616. The number of carbonyl (C=O) groups excluding carboxylic acids is 1. The lowest BCUT2D eigenvalue weighted by Crippen LogP contribution is -2.47. The third-order valence-electron chi connectivity index (χ3n) is 5.88. The maximum absolute atomic E-state index is 11.6. The molecule has 1 saturated carbocycles. The molecule has 0 bridgehead atoms. The van der Waals surface area contributed by atoms with E-state index >= 15 is 0 Å². The Morgan fingerprint density at radius 1 is 1.23 bits per heavy atom. The molecule has 1 heterocycles. The van der Waals surface area contributed by atoms with Gasteiger partial charge in [-0.2, -0.15) is 0 Å². The van der Waals surface area contributed by atoms with E-state index in [1.54, 1.807) is 7.05 Å². The van der Waals surface area contributed by atoms with Crippen molar-refractivity contribution in [3.63, 3.8) is 0 Å². The summed E-state index contributed by atoms with van der Waals surface area (Å²) in [7, 11) is 3.59. The molecule has 142 valence electrons. The summed E-state index contributed by atoms with van der Waals surface area (Å²) < 4.78 is 0. The van der Waals surface area contributed by atoms with E-state index < -0.39 is 0 Å². The molecular weight excluding hydrogens is 324 g/mol. The average molecular weight is 357 g/mol. The molecule has 0 spiro atoms. The molecule has 2 N–H and O–H groups in total. The fourth-order valence-electron chi connectivity index (χ4n) is 3.93. The Kier molecular flexibility index (Phi) is 6.17. The van der Waals surface area contributed by atoms with Crippen LogP contribution in [0.25, 0.3) is 0 Å². The first-order valence-electron chi connectivity index (χ1n) is 9.84. The van der Waals surface area contributed by atoms with Gasteiger partial charge in [0.2, 0.25) is 5.91 Å². The van der Waals surface area contributed by atoms with Crippen molar-refractivity contribution in [1.82, 2.24) is 15.5 Å². The van der Waals surface area contributed by atoms with E-state index in [0.29, 0.717) is 17.8 Å². The number of likely N-dealkylation sites (tertiary alicyclic amines) is 1. The molecule has 5 heteroatoms. The first kappa shape index (κ1) is 18.7. The summed E-state index contributed by atoms with van der Waals surface area (Å²) in [6, 6.07) is 10.8. The Hall–Kier alpha value is -2.04. The van der Waals surface area contributed by atoms with Crippen LogP contribution in [0.4, 0.5) is 0 Å². The quantitative estimate of drug-likeness (QED) is 0.608. The molecule has 1 aliphatic carbocycles. The van der Waals surface area contributed by atoms with Crippen LogP contribution in [0, 0.1) is 11.3 Å². The normalized spacial score (nSPS) is 19.9. The Morgan fingerprint density at radius 3 is 2.50 bits per heavy atom. The summed E-state index contributed by atoms with van der Waals surface area (Å²) in [6.07, 6.45) is 6.50. The molecule has 0 unspecified atom stereocenters. The van der Waals surface area contributed by atoms with Crippen molar-refractivity contribution in [3.8, 4) is 0 Å². The number of nitrogens with one attached hydrogen (secondary N) is 2.